The van der Waals surface area contributed by atoms with Gasteiger partial charge in [0.2, 0.25) is 0 Å². The third-order valence-corrected chi connectivity index (χ3v) is 4.66. The zero-order valence-corrected chi connectivity index (χ0v) is 15.3. The van der Waals surface area contributed by atoms with Crippen LogP contribution >= 0.6 is 36.4 Å². The molecular weight excluding hydrogens is 370 g/mol. The van der Waals surface area contributed by atoms with Gasteiger partial charge >= 0.3 is 0 Å². The molecule has 3 rings (SSSR count). The Hall–Kier alpha value is -1.26. The summed E-state index contributed by atoms with van der Waals surface area (Å²) in [5, 5.41) is 13.0. The van der Waals surface area contributed by atoms with E-state index >= 15 is 0 Å². The van der Waals surface area contributed by atoms with E-state index in [1.54, 1.807) is 11.3 Å². The van der Waals surface area contributed by atoms with Crippen LogP contribution < -0.4 is 5.32 Å². The summed E-state index contributed by atoms with van der Waals surface area (Å²) in [7, 11) is 0. The predicted octanol–water partition coefficient (Wildman–Crippen LogP) is 0.848. The van der Waals surface area contributed by atoms with Gasteiger partial charge in [-0.3, -0.25) is 9.69 Å². The lowest BCUT2D eigenvalue weighted by molar-refractivity contribution is 0.0839. The lowest BCUT2D eigenvalue weighted by Gasteiger charge is -2.28. The van der Waals surface area contributed by atoms with Crippen molar-refractivity contribution in [1.29, 1.82) is 0 Å². The molecule has 0 fully saturated rings. The largest absolute Gasteiger partial charge is 0.390 e. The van der Waals surface area contributed by atoms with Gasteiger partial charge in [-0.05, 0) is 0 Å². The molecule has 0 unspecified atom stereocenters. The van der Waals surface area contributed by atoms with Gasteiger partial charge in [-0.2, -0.15) is 13.5 Å². The molecule has 24 heavy (non-hydrogen) atoms. The molecule has 2 aromatic heterocycles. The third-order valence-electron chi connectivity index (χ3n) is 3.59. The Morgan fingerprint density at radius 2 is 2.29 bits per heavy atom. The molecule has 130 valence electrons. The summed E-state index contributed by atoms with van der Waals surface area (Å²) in [6.45, 7) is 2.32. The smallest absolute Gasteiger partial charge is 0.270 e. The summed E-state index contributed by atoms with van der Waals surface area (Å²) >= 11 is 7.36. The first-order valence-corrected chi connectivity index (χ1v) is 8.45. The van der Waals surface area contributed by atoms with Crippen molar-refractivity contribution >= 4 is 42.3 Å². The van der Waals surface area contributed by atoms with Crippen LogP contribution in [0.25, 0.3) is 0 Å². The van der Waals surface area contributed by atoms with Gasteiger partial charge < -0.3 is 10.4 Å². The van der Waals surface area contributed by atoms with E-state index in [4.69, 9.17) is 11.6 Å². The first kappa shape index (κ1) is 19.1. The van der Waals surface area contributed by atoms with Crippen LogP contribution in [0.5, 0.6) is 0 Å². The molecule has 2 aromatic rings. The second-order valence-corrected chi connectivity index (χ2v) is 6.62. The minimum Gasteiger partial charge on any atom is -0.390 e. The Bertz CT molecular complexity index is 699. The summed E-state index contributed by atoms with van der Waals surface area (Å²) in [6.07, 6.45) is 1.48. The highest BCUT2D eigenvalue weighted by Gasteiger charge is 2.21. The number of hydrogen-bond acceptors (Lipinski definition) is 7. The van der Waals surface area contributed by atoms with Gasteiger partial charge in [-0.25, -0.2) is 15.0 Å². The molecule has 0 saturated carbocycles. The van der Waals surface area contributed by atoms with Gasteiger partial charge in [-0.1, -0.05) is 11.6 Å². The fourth-order valence-corrected chi connectivity index (χ4v) is 3.45. The zero-order valence-electron chi connectivity index (χ0n) is 12.8. The minimum atomic E-state index is -0.647. The van der Waals surface area contributed by atoms with Crippen LogP contribution in [0.1, 0.15) is 21.1 Å². The van der Waals surface area contributed by atoms with Gasteiger partial charge in [0.15, 0.2) is 0 Å². The van der Waals surface area contributed by atoms with E-state index in [1.165, 1.54) is 17.3 Å². The highest BCUT2D eigenvalue weighted by atomic mass is 35.5. The average Bonchev–Trinajstić information content (AvgIpc) is 3.00. The fourth-order valence-electron chi connectivity index (χ4n) is 2.45. The first-order chi connectivity index (χ1) is 11.1. The van der Waals surface area contributed by atoms with Crippen LogP contribution in [-0.4, -0.2) is 56.6 Å². The number of aliphatic hydroxyl groups excluding tert-OH is 1. The lowest BCUT2D eigenvalue weighted by atomic mass is 10.1. The maximum atomic E-state index is 11.9. The summed E-state index contributed by atoms with van der Waals surface area (Å²) in [5.41, 5.74) is 3.21. The molecule has 1 aliphatic rings. The predicted molar refractivity (Wildman–Crippen MR) is 96.9 cm³/mol. The molecule has 10 heteroatoms. The SMILES string of the molecule is O=C(NC[C@H](O)CN1CCc2ncsc2C1)c1cc(Cl)ncn1.S. The Balaban J connectivity index is 0.00000208. The Kier molecular flexibility index (Phi) is 6.93. The van der Waals surface area contributed by atoms with Crippen LogP contribution in [-0.2, 0) is 13.0 Å². The molecule has 0 aliphatic carbocycles. The highest BCUT2D eigenvalue weighted by Crippen LogP contribution is 2.21. The fraction of sp³-hybridized carbons (Fsp3) is 0.429. The van der Waals surface area contributed by atoms with Crippen molar-refractivity contribution in [2.45, 2.75) is 19.1 Å². The molecule has 3 heterocycles. The van der Waals surface area contributed by atoms with Crippen molar-refractivity contribution in [3.8, 4) is 0 Å². The second-order valence-electron chi connectivity index (χ2n) is 5.30. The molecule has 1 amide bonds. The Labute approximate surface area is 155 Å². The van der Waals surface area contributed by atoms with Crippen LogP contribution in [0, 0.1) is 0 Å². The van der Waals surface area contributed by atoms with Gasteiger partial charge in [-0.15, -0.1) is 11.3 Å². The maximum absolute atomic E-state index is 11.9. The van der Waals surface area contributed by atoms with Crippen molar-refractivity contribution in [3.63, 3.8) is 0 Å². The van der Waals surface area contributed by atoms with Crippen molar-refractivity contribution in [2.75, 3.05) is 19.6 Å². The summed E-state index contributed by atoms with van der Waals surface area (Å²) in [6, 6.07) is 1.39. The number of amides is 1. The number of aliphatic hydroxyl groups is 1. The van der Waals surface area contributed by atoms with E-state index in [-0.39, 0.29) is 36.8 Å². The Morgan fingerprint density at radius 3 is 3.08 bits per heavy atom. The molecule has 0 bridgehead atoms. The van der Waals surface area contributed by atoms with E-state index in [2.05, 4.69) is 25.2 Å². The monoisotopic (exact) mass is 387 g/mol. The van der Waals surface area contributed by atoms with Crippen molar-refractivity contribution in [1.82, 2.24) is 25.2 Å². The molecule has 1 atom stereocenters. The normalized spacial score (nSPS) is 15.2. The first-order valence-electron chi connectivity index (χ1n) is 7.19. The number of nitrogens with zero attached hydrogens (tertiary/aromatic N) is 4. The molecular formula is C14H18ClN5O2S2. The number of halogens is 1. The maximum Gasteiger partial charge on any atom is 0.270 e. The second kappa shape index (κ2) is 8.72. The number of rotatable bonds is 5. The highest BCUT2D eigenvalue weighted by molar-refractivity contribution is 7.59. The van der Waals surface area contributed by atoms with Crippen molar-refractivity contribution in [2.24, 2.45) is 0 Å². The summed E-state index contributed by atoms with van der Waals surface area (Å²) in [4.78, 5) is 27.2. The molecule has 7 nitrogen and oxygen atoms in total. The topological polar surface area (TPSA) is 91.2 Å². The lowest BCUT2D eigenvalue weighted by Crippen LogP contribution is -2.42. The van der Waals surface area contributed by atoms with Gasteiger partial charge in [0.05, 0.1) is 17.3 Å². The van der Waals surface area contributed by atoms with Crippen LogP contribution in [0.3, 0.4) is 0 Å². The van der Waals surface area contributed by atoms with Crippen LogP contribution in [0.4, 0.5) is 0 Å². The number of hydrogen-bond donors (Lipinski definition) is 2. The van der Waals surface area contributed by atoms with E-state index in [9.17, 15) is 9.90 Å². The number of aromatic nitrogens is 3. The number of carbonyl (C=O) groups excluding carboxylic acids is 1. The molecule has 2 N–H and O–H groups in total. The van der Waals surface area contributed by atoms with E-state index in [1.807, 2.05) is 5.51 Å². The number of nitrogens with one attached hydrogen (secondary N) is 1. The standard InChI is InChI=1S/C14H16ClN5O2S.H2S/c15-13-3-11(17-7-18-13)14(22)16-4-9(21)5-20-2-1-10-12(6-20)23-8-19-10;/h3,7-9,21H,1-2,4-6H2,(H,16,22);1H2/t9-;/m0./s1. The van der Waals surface area contributed by atoms with Crippen molar-refractivity contribution < 1.29 is 9.90 Å². The number of β-amino-alcohol motifs (C(OH)–C–C–N with tert-alkyl or cyclic N) is 1. The molecule has 0 radical (unpaired) electrons. The molecule has 0 spiro atoms. The summed E-state index contributed by atoms with van der Waals surface area (Å²) < 4.78 is 0. The zero-order chi connectivity index (χ0) is 16.2. The Morgan fingerprint density at radius 1 is 1.46 bits per heavy atom. The van der Waals surface area contributed by atoms with Crippen molar-refractivity contribution in [3.05, 3.63) is 39.3 Å². The van der Waals surface area contributed by atoms with Crippen LogP contribution in [0.15, 0.2) is 17.9 Å². The number of thiazole rings is 1. The van der Waals surface area contributed by atoms with E-state index < -0.39 is 6.10 Å². The van der Waals surface area contributed by atoms with Gasteiger partial charge in [0, 0.05) is 43.5 Å². The quantitative estimate of drug-likeness (QED) is 0.739. The van der Waals surface area contributed by atoms with Gasteiger partial charge in [0.25, 0.3) is 5.91 Å². The van der Waals surface area contributed by atoms with Gasteiger partial charge in [0.1, 0.15) is 17.2 Å². The third kappa shape index (κ3) is 4.87. The van der Waals surface area contributed by atoms with Crippen LogP contribution in [0.2, 0.25) is 5.15 Å². The number of fused-ring (bicyclic) bond motifs is 1. The van der Waals surface area contributed by atoms with E-state index in [0.717, 1.165) is 25.2 Å². The number of carbonyl (C=O) groups is 1. The molecule has 0 aromatic carbocycles. The molecule has 0 saturated heterocycles. The van der Waals surface area contributed by atoms with E-state index in [0.29, 0.717) is 6.54 Å². The minimum absolute atomic E-state index is 0. The molecule has 1 aliphatic heterocycles. The average molecular weight is 388 g/mol. The summed E-state index contributed by atoms with van der Waals surface area (Å²) in [5.74, 6) is -0.378.